The first kappa shape index (κ1) is 12.9. The molecule has 4 heteroatoms. The zero-order chi connectivity index (χ0) is 12.8. The largest absolute Gasteiger partial charge is 0.409 e. The topological polar surface area (TPSA) is 70.6 Å². The maximum atomic E-state index is 8.75. The van der Waals surface area contributed by atoms with E-state index in [0.717, 1.165) is 30.1 Å². The molecule has 0 atom stereocenters. The van der Waals surface area contributed by atoms with Crippen LogP contribution in [-0.2, 0) is 6.54 Å². The molecule has 1 aromatic rings. The lowest BCUT2D eigenvalue weighted by atomic mass is 10.1. The van der Waals surface area contributed by atoms with Crippen molar-refractivity contribution in [3.8, 4) is 0 Å². The molecule has 1 fully saturated rings. The Labute approximate surface area is 108 Å². The minimum atomic E-state index is 0.174. The second kappa shape index (κ2) is 6.40. The van der Waals surface area contributed by atoms with E-state index < -0.39 is 0 Å². The highest BCUT2D eigenvalue weighted by molar-refractivity contribution is 5.98. The Hall–Kier alpha value is -1.55. The lowest BCUT2D eigenvalue weighted by molar-refractivity contribution is 0.318. The van der Waals surface area contributed by atoms with E-state index in [1.165, 1.54) is 25.7 Å². The van der Waals surface area contributed by atoms with Crippen LogP contribution in [0.4, 0.5) is 0 Å². The van der Waals surface area contributed by atoms with Gasteiger partial charge in [0.2, 0.25) is 0 Å². The maximum Gasteiger partial charge on any atom is 0.170 e. The molecule has 0 spiro atoms. The van der Waals surface area contributed by atoms with Crippen LogP contribution in [0.25, 0.3) is 0 Å². The molecule has 4 nitrogen and oxygen atoms in total. The quantitative estimate of drug-likeness (QED) is 0.323. The van der Waals surface area contributed by atoms with E-state index in [-0.39, 0.29) is 5.84 Å². The first-order valence-corrected chi connectivity index (χ1v) is 6.58. The summed E-state index contributed by atoms with van der Waals surface area (Å²) in [6.07, 6.45) is 5.42. The summed E-state index contributed by atoms with van der Waals surface area (Å²) in [6, 6.07) is 7.76. The van der Waals surface area contributed by atoms with Crippen molar-refractivity contribution < 1.29 is 5.21 Å². The molecule has 0 saturated heterocycles. The van der Waals surface area contributed by atoms with Gasteiger partial charge in [-0.05, 0) is 30.9 Å². The fraction of sp³-hybridized carbons (Fsp3) is 0.500. The molecule has 0 bridgehead atoms. The van der Waals surface area contributed by atoms with Crippen LogP contribution in [-0.4, -0.2) is 17.6 Å². The van der Waals surface area contributed by atoms with Gasteiger partial charge in [-0.25, -0.2) is 0 Å². The third-order valence-electron chi connectivity index (χ3n) is 3.62. The molecule has 0 radical (unpaired) electrons. The molecule has 0 aromatic heterocycles. The number of nitrogens with zero attached hydrogens (tertiary/aromatic N) is 1. The number of nitrogens with two attached hydrogens (primary N) is 1. The van der Waals surface area contributed by atoms with Gasteiger partial charge in [-0.1, -0.05) is 42.3 Å². The van der Waals surface area contributed by atoms with Crippen molar-refractivity contribution in [2.75, 3.05) is 6.54 Å². The number of benzene rings is 1. The minimum Gasteiger partial charge on any atom is -0.409 e. The molecule has 18 heavy (non-hydrogen) atoms. The van der Waals surface area contributed by atoms with Crippen molar-refractivity contribution in [3.05, 3.63) is 35.4 Å². The smallest absolute Gasteiger partial charge is 0.170 e. The molecule has 1 aliphatic rings. The first-order chi connectivity index (χ1) is 8.81. The Balaban J connectivity index is 1.92. The van der Waals surface area contributed by atoms with Crippen LogP contribution >= 0.6 is 0 Å². The Morgan fingerprint density at radius 1 is 1.33 bits per heavy atom. The van der Waals surface area contributed by atoms with Crippen LogP contribution < -0.4 is 11.1 Å². The molecular weight excluding hydrogens is 226 g/mol. The number of hydrogen-bond donors (Lipinski definition) is 3. The number of nitrogens with one attached hydrogen (secondary N) is 1. The molecular formula is C14H21N3O. The highest BCUT2D eigenvalue weighted by atomic mass is 16.4. The SMILES string of the molecule is N/C(=N\O)c1ccccc1CNCC1CCCC1. The second-order valence-corrected chi connectivity index (χ2v) is 4.92. The molecule has 1 saturated carbocycles. The monoisotopic (exact) mass is 247 g/mol. The summed E-state index contributed by atoms with van der Waals surface area (Å²) in [5, 5.41) is 15.3. The van der Waals surface area contributed by atoms with Crippen LogP contribution in [0.1, 0.15) is 36.8 Å². The van der Waals surface area contributed by atoms with E-state index in [2.05, 4.69) is 10.5 Å². The van der Waals surface area contributed by atoms with E-state index in [9.17, 15) is 0 Å². The van der Waals surface area contributed by atoms with Gasteiger partial charge in [-0.3, -0.25) is 0 Å². The summed E-state index contributed by atoms with van der Waals surface area (Å²) in [4.78, 5) is 0. The molecule has 4 N–H and O–H groups in total. The van der Waals surface area contributed by atoms with Crippen LogP contribution in [0.2, 0.25) is 0 Å². The third kappa shape index (κ3) is 3.23. The second-order valence-electron chi connectivity index (χ2n) is 4.92. The summed E-state index contributed by atoms with van der Waals surface area (Å²) >= 11 is 0. The molecule has 2 rings (SSSR count). The summed E-state index contributed by atoms with van der Waals surface area (Å²) in [5.74, 6) is 0.995. The number of amidine groups is 1. The summed E-state index contributed by atoms with van der Waals surface area (Å²) in [6.45, 7) is 1.83. The van der Waals surface area contributed by atoms with Crippen molar-refractivity contribution in [2.45, 2.75) is 32.2 Å². The van der Waals surface area contributed by atoms with Crippen LogP contribution in [0.3, 0.4) is 0 Å². The van der Waals surface area contributed by atoms with E-state index in [1.807, 2.05) is 24.3 Å². The average molecular weight is 247 g/mol. The van der Waals surface area contributed by atoms with Crippen molar-refractivity contribution in [3.63, 3.8) is 0 Å². The van der Waals surface area contributed by atoms with Gasteiger partial charge >= 0.3 is 0 Å². The Kier molecular flexibility index (Phi) is 4.59. The van der Waals surface area contributed by atoms with Gasteiger partial charge in [0.25, 0.3) is 0 Å². The number of hydrogen-bond acceptors (Lipinski definition) is 3. The highest BCUT2D eigenvalue weighted by Gasteiger charge is 2.14. The first-order valence-electron chi connectivity index (χ1n) is 6.58. The predicted molar refractivity (Wildman–Crippen MR) is 72.6 cm³/mol. The summed E-state index contributed by atoms with van der Waals surface area (Å²) in [5.41, 5.74) is 7.54. The fourth-order valence-electron chi connectivity index (χ4n) is 2.60. The van der Waals surface area contributed by atoms with E-state index in [4.69, 9.17) is 10.9 Å². The molecule has 0 heterocycles. The van der Waals surface area contributed by atoms with Crippen LogP contribution in [0, 0.1) is 5.92 Å². The lowest BCUT2D eigenvalue weighted by Gasteiger charge is -2.12. The van der Waals surface area contributed by atoms with Crippen molar-refractivity contribution >= 4 is 5.84 Å². The summed E-state index contributed by atoms with van der Waals surface area (Å²) in [7, 11) is 0. The standard InChI is InChI=1S/C14H21N3O/c15-14(17-18)13-8-4-3-7-12(13)10-16-9-11-5-1-2-6-11/h3-4,7-8,11,16,18H,1-2,5-6,9-10H2,(H2,15,17). The molecule has 98 valence electrons. The third-order valence-corrected chi connectivity index (χ3v) is 3.62. The van der Waals surface area contributed by atoms with Gasteiger partial charge in [0.1, 0.15) is 0 Å². The van der Waals surface area contributed by atoms with Crippen molar-refractivity contribution in [1.29, 1.82) is 0 Å². The zero-order valence-electron chi connectivity index (χ0n) is 10.6. The molecule has 0 amide bonds. The molecule has 0 aliphatic heterocycles. The maximum absolute atomic E-state index is 8.75. The van der Waals surface area contributed by atoms with Crippen LogP contribution in [0.15, 0.2) is 29.4 Å². The zero-order valence-corrected chi connectivity index (χ0v) is 10.6. The van der Waals surface area contributed by atoms with Gasteiger partial charge in [-0.15, -0.1) is 0 Å². The van der Waals surface area contributed by atoms with Crippen LogP contribution in [0.5, 0.6) is 0 Å². The van der Waals surface area contributed by atoms with Gasteiger partial charge in [0.15, 0.2) is 5.84 Å². The number of rotatable bonds is 5. The Morgan fingerprint density at radius 2 is 2.06 bits per heavy atom. The molecule has 0 unspecified atom stereocenters. The van der Waals surface area contributed by atoms with Gasteiger partial charge in [-0.2, -0.15) is 0 Å². The lowest BCUT2D eigenvalue weighted by Crippen LogP contribution is -2.23. The Bertz CT molecular complexity index is 411. The average Bonchev–Trinajstić information content (AvgIpc) is 2.92. The van der Waals surface area contributed by atoms with Gasteiger partial charge in [0, 0.05) is 12.1 Å². The molecule has 1 aliphatic carbocycles. The highest BCUT2D eigenvalue weighted by Crippen LogP contribution is 2.23. The number of oxime groups is 1. The molecule has 1 aromatic carbocycles. The van der Waals surface area contributed by atoms with E-state index in [1.54, 1.807) is 0 Å². The van der Waals surface area contributed by atoms with E-state index in [0.29, 0.717) is 0 Å². The minimum absolute atomic E-state index is 0.174. The van der Waals surface area contributed by atoms with E-state index >= 15 is 0 Å². The van der Waals surface area contributed by atoms with Crippen molar-refractivity contribution in [1.82, 2.24) is 5.32 Å². The summed E-state index contributed by atoms with van der Waals surface area (Å²) < 4.78 is 0. The normalized spacial score (nSPS) is 17.2. The Morgan fingerprint density at radius 3 is 2.78 bits per heavy atom. The van der Waals surface area contributed by atoms with Gasteiger partial charge < -0.3 is 16.3 Å². The van der Waals surface area contributed by atoms with Gasteiger partial charge in [0.05, 0.1) is 0 Å². The van der Waals surface area contributed by atoms with Crippen molar-refractivity contribution in [2.24, 2.45) is 16.8 Å². The fourth-order valence-corrected chi connectivity index (χ4v) is 2.60. The predicted octanol–water partition coefficient (Wildman–Crippen LogP) is 2.06.